The fourth-order valence-electron chi connectivity index (χ4n) is 7.56. The molecule has 19 nitrogen and oxygen atoms in total. The second-order valence-corrected chi connectivity index (χ2v) is 17.0. The third kappa shape index (κ3) is 12.4. The van der Waals surface area contributed by atoms with Crippen LogP contribution in [0.15, 0.2) is 60.7 Å². The van der Waals surface area contributed by atoms with Crippen molar-refractivity contribution in [3.8, 4) is 46.0 Å². The first-order valence-electron chi connectivity index (χ1n) is 22.0. The summed E-state index contributed by atoms with van der Waals surface area (Å²) in [6.07, 6.45) is -0.0444. The monoisotopic (exact) mass is 919 g/mol. The Morgan fingerprint density at radius 2 is 1.55 bits per heavy atom. The van der Waals surface area contributed by atoms with E-state index in [0.717, 1.165) is 10.5 Å². The SMILES string of the molecule is COc1nc(-c2ccc(C(C)(C)C)cc2)nc(C)c1C(=O)N[C@@H](CCN)C(=O)N(C)[C@@H]1C(=O)N[C@@H](C)C(=O)N[C@H](C(=O)NCC#N)Cc2ccc(OCCN)c(c2)-c2cc1ccc2OCCN. The summed E-state index contributed by atoms with van der Waals surface area (Å²) in [5.74, 6) is -2.45. The van der Waals surface area contributed by atoms with Gasteiger partial charge in [-0.05, 0) is 73.2 Å². The number of nitrogens with one attached hydrogen (secondary N) is 4. The number of fused-ring (bicyclic) bond motifs is 5. The van der Waals surface area contributed by atoms with Gasteiger partial charge in [-0.15, -0.1) is 0 Å². The number of carbonyl (C=O) groups is 5. The van der Waals surface area contributed by atoms with Crippen molar-refractivity contribution in [3.05, 3.63) is 88.6 Å². The number of nitriles is 1. The summed E-state index contributed by atoms with van der Waals surface area (Å²) in [7, 11) is 2.78. The normalized spacial score (nSPS) is 16.5. The van der Waals surface area contributed by atoms with E-state index in [0.29, 0.717) is 45.1 Å². The van der Waals surface area contributed by atoms with Crippen molar-refractivity contribution >= 4 is 29.5 Å². The fourth-order valence-corrected chi connectivity index (χ4v) is 7.56. The molecule has 4 bridgehead atoms. The molecule has 0 spiro atoms. The Morgan fingerprint density at radius 3 is 2.15 bits per heavy atom. The molecule has 0 saturated carbocycles. The molecule has 3 aromatic carbocycles. The highest BCUT2D eigenvalue weighted by atomic mass is 16.5. The van der Waals surface area contributed by atoms with Gasteiger partial charge in [0.05, 0.1) is 18.9 Å². The number of aryl methyl sites for hydroxylation is 1. The molecule has 0 aliphatic carbocycles. The van der Waals surface area contributed by atoms with Crippen molar-refractivity contribution in [2.45, 2.75) is 77.0 Å². The molecule has 67 heavy (non-hydrogen) atoms. The van der Waals surface area contributed by atoms with Crippen LogP contribution in [-0.4, -0.2) is 116 Å². The number of benzene rings is 3. The topological polar surface area (TPSA) is 292 Å². The molecule has 2 heterocycles. The van der Waals surface area contributed by atoms with E-state index in [9.17, 15) is 29.2 Å². The lowest BCUT2D eigenvalue weighted by molar-refractivity contribution is -0.141. The zero-order chi connectivity index (χ0) is 49.0. The molecule has 1 aromatic heterocycles. The Hall–Kier alpha value is -7.14. The molecule has 5 amide bonds. The standard InChI is InChI=1S/C48H61N11O8/c1-27-39(46(65-7)58-41(54-27)30-9-12-32(13-10-30)48(3,4)5)44(62)56-35(16-17-49)47(64)59(6)40-31-11-15-38(67-23-20-52)34(26-31)33-24-29(8-14-37(33)66-22-19-51)25-36(43(61)53-21-18-50)57-42(60)28(2)55-45(40)63/h8-15,24,26,28,35-36,40H,16-17,19-23,25,49,51-52H2,1-7H3,(H,53,61)(H,55,63)(H,56,62)(H,57,60)/t28-,35-,36-,40-/m0/s1. The lowest BCUT2D eigenvalue weighted by Gasteiger charge is -2.32. The van der Waals surface area contributed by atoms with Gasteiger partial charge in [0.15, 0.2) is 5.82 Å². The molecule has 1 aliphatic rings. The van der Waals surface area contributed by atoms with Gasteiger partial charge < -0.3 is 57.6 Å². The average molecular weight is 920 g/mol. The molecule has 356 valence electrons. The Balaban J connectivity index is 1.58. The summed E-state index contributed by atoms with van der Waals surface area (Å²) in [4.78, 5) is 81.0. The Morgan fingerprint density at radius 1 is 0.910 bits per heavy atom. The molecule has 0 radical (unpaired) electrons. The van der Waals surface area contributed by atoms with Crippen molar-refractivity contribution in [2.24, 2.45) is 17.2 Å². The van der Waals surface area contributed by atoms with Gasteiger partial charge in [-0.2, -0.15) is 10.2 Å². The van der Waals surface area contributed by atoms with Crippen molar-refractivity contribution in [1.29, 1.82) is 5.26 Å². The van der Waals surface area contributed by atoms with Gasteiger partial charge in [0.1, 0.15) is 61.0 Å². The number of hydrogen-bond donors (Lipinski definition) is 7. The second-order valence-electron chi connectivity index (χ2n) is 17.0. The summed E-state index contributed by atoms with van der Waals surface area (Å²) in [5.41, 5.74) is 21.6. The van der Waals surface area contributed by atoms with Crippen LogP contribution >= 0.6 is 0 Å². The summed E-state index contributed by atoms with van der Waals surface area (Å²) >= 11 is 0. The Labute approximate surface area is 390 Å². The number of carbonyl (C=O) groups excluding carboxylic acids is 5. The zero-order valence-corrected chi connectivity index (χ0v) is 39.0. The summed E-state index contributed by atoms with van der Waals surface area (Å²) in [6, 6.07) is 14.7. The van der Waals surface area contributed by atoms with Gasteiger partial charge in [-0.25, -0.2) is 4.98 Å². The molecule has 1 aliphatic heterocycles. The third-order valence-corrected chi connectivity index (χ3v) is 11.1. The van der Waals surface area contributed by atoms with E-state index >= 15 is 0 Å². The maximum atomic E-state index is 14.8. The molecule has 19 heteroatoms. The number of hydrogen-bond acceptors (Lipinski definition) is 14. The Bertz CT molecular complexity index is 2490. The van der Waals surface area contributed by atoms with E-state index in [1.807, 2.05) is 30.3 Å². The van der Waals surface area contributed by atoms with Crippen LogP contribution in [0.3, 0.4) is 0 Å². The molecule has 4 aromatic rings. The van der Waals surface area contributed by atoms with E-state index in [1.165, 1.54) is 21.1 Å². The molecule has 4 atom stereocenters. The van der Waals surface area contributed by atoms with Crippen molar-refractivity contribution in [1.82, 2.24) is 36.1 Å². The van der Waals surface area contributed by atoms with Crippen LogP contribution < -0.4 is 52.7 Å². The van der Waals surface area contributed by atoms with Gasteiger partial charge in [0, 0.05) is 43.2 Å². The van der Waals surface area contributed by atoms with Crippen molar-refractivity contribution in [3.63, 3.8) is 0 Å². The maximum absolute atomic E-state index is 14.8. The quantitative estimate of drug-likeness (QED) is 0.0791. The number of ether oxygens (including phenoxy) is 3. The van der Waals surface area contributed by atoms with Gasteiger partial charge in [0.2, 0.25) is 29.5 Å². The highest BCUT2D eigenvalue weighted by Crippen LogP contribution is 2.40. The predicted molar refractivity (Wildman–Crippen MR) is 251 cm³/mol. The van der Waals surface area contributed by atoms with Crippen LogP contribution in [0, 0.1) is 18.3 Å². The lowest BCUT2D eigenvalue weighted by atomic mass is 9.86. The number of nitrogens with two attached hydrogens (primary N) is 3. The first-order valence-corrected chi connectivity index (χ1v) is 22.0. The number of methoxy groups -OCH3 is 1. The fraction of sp³-hybridized carbons (Fsp3) is 0.417. The molecule has 0 unspecified atom stereocenters. The number of nitrogens with zero attached hydrogens (tertiary/aromatic N) is 4. The van der Waals surface area contributed by atoms with Crippen molar-refractivity contribution in [2.75, 3.05) is 53.6 Å². The molecule has 10 N–H and O–H groups in total. The largest absolute Gasteiger partial charge is 0.492 e. The summed E-state index contributed by atoms with van der Waals surface area (Å²) in [5, 5.41) is 19.9. The van der Waals surface area contributed by atoms with Crippen LogP contribution in [0.2, 0.25) is 0 Å². The van der Waals surface area contributed by atoms with Gasteiger partial charge in [0.25, 0.3) is 5.91 Å². The minimum absolute atomic E-state index is 0.00202. The number of aromatic nitrogens is 2. The lowest BCUT2D eigenvalue weighted by Crippen LogP contribution is -2.56. The predicted octanol–water partition coefficient (Wildman–Crippen LogP) is 1.93. The first kappa shape index (κ1) is 50.9. The number of likely N-dealkylation sites (N-methyl/N-ethyl adjacent to an activating group) is 1. The Kier molecular flexibility index (Phi) is 17.3. The van der Waals surface area contributed by atoms with E-state index in [1.54, 1.807) is 43.3 Å². The molecular formula is C48H61N11O8. The van der Waals surface area contributed by atoms with Crippen LogP contribution in [0.5, 0.6) is 17.4 Å². The molecular weight excluding hydrogens is 859 g/mol. The highest BCUT2D eigenvalue weighted by Gasteiger charge is 2.37. The van der Waals surface area contributed by atoms with E-state index in [4.69, 9.17) is 31.4 Å². The molecule has 5 rings (SSSR count). The van der Waals surface area contributed by atoms with Crippen LogP contribution in [0.4, 0.5) is 0 Å². The van der Waals surface area contributed by atoms with E-state index < -0.39 is 53.7 Å². The third-order valence-electron chi connectivity index (χ3n) is 11.1. The van der Waals surface area contributed by atoms with Crippen LogP contribution in [0.25, 0.3) is 22.5 Å². The smallest absolute Gasteiger partial charge is 0.259 e. The van der Waals surface area contributed by atoms with Gasteiger partial charge >= 0.3 is 0 Å². The zero-order valence-electron chi connectivity index (χ0n) is 39.0. The van der Waals surface area contributed by atoms with Crippen molar-refractivity contribution < 1.29 is 38.2 Å². The average Bonchev–Trinajstić information content (AvgIpc) is 3.30. The maximum Gasteiger partial charge on any atom is 0.259 e. The minimum Gasteiger partial charge on any atom is -0.492 e. The number of amides is 5. The highest BCUT2D eigenvalue weighted by molar-refractivity contribution is 6.01. The summed E-state index contributed by atoms with van der Waals surface area (Å²) in [6.45, 7) is 9.70. The van der Waals surface area contributed by atoms with Crippen LogP contribution in [0.1, 0.15) is 72.9 Å². The molecule has 0 saturated heterocycles. The molecule has 0 fully saturated rings. The van der Waals surface area contributed by atoms with Gasteiger partial charge in [-0.3, -0.25) is 24.0 Å². The number of rotatable bonds is 16. The second kappa shape index (κ2) is 22.9. The van der Waals surface area contributed by atoms with E-state index in [-0.39, 0.29) is 74.8 Å². The minimum atomic E-state index is -1.43. The summed E-state index contributed by atoms with van der Waals surface area (Å²) < 4.78 is 17.8. The van der Waals surface area contributed by atoms with Crippen LogP contribution in [-0.2, 0) is 31.0 Å². The van der Waals surface area contributed by atoms with E-state index in [2.05, 4.69) is 52.0 Å². The van der Waals surface area contributed by atoms with Gasteiger partial charge in [-0.1, -0.05) is 57.2 Å². The first-order chi connectivity index (χ1) is 31.9.